The number of pyridine rings is 1. The average molecular weight is 519 g/mol. The molecule has 0 aliphatic heterocycles. The van der Waals surface area contributed by atoms with Crippen molar-refractivity contribution in [1.82, 2.24) is 19.5 Å². The fraction of sp³-hybridized carbons (Fsp3) is 0.250. The molecule has 14 heteroatoms. The summed E-state index contributed by atoms with van der Waals surface area (Å²) in [5.74, 6) is -1.86. The second-order valence-electron chi connectivity index (χ2n) is 7.57. The molecule has 0 saturated heterocycles. The second kappa shape index (κ2) is 8.55. The second-order valence-corrected chi connectivity index (χ2v) is 9.61. The summed E-state index contributed by atoms with van der Waals surface area (Å²) >= 11 is 6.04. The van der Waals surface area contributed by atoms with E-state index in [1.54, 1.807) is 4.72 Å². The Morgan fingerprint density at radius 3 is 2.56 bits per heavy atom. The Kier molecular flexibility index (Phi) is 6.02. The molecule has 0 radical (unpaired) electrons. The Labute approximate surface area is 195 Å². The molecule has 4 rings (SSSR count). The molecule has 180 valence electrons. The number of benzene rings is 1. The van der Waals surface area contributed by atoms with Gasteiger partial charge in [0.2, 0.25) is 5.88 Å². The van der Waals surface area contributed by atoms with Crippen molar-refractivity contribution in [2.75, 3.05) is 6.61 Å². The van der Waals surface area contributed by atoms with Gasteiger partial charge in [-0.25, -0.2) is 27.2 Å². The highest BCUT2D eigenvalue weighted by Crippen LogP contribution is 2.57. The fourth-order valence-electron chi connectivity index (χ4n) is 2.98. The van der Waals surface area contributed by atoms with Gasteiger partial charge in [0, 0.05) is 12.3 Å². The quantitative estimate of drug-likeness (QED) is 0.376. The van der Waals surface area contributed by atoms with Gasteiger partial charge in [-0.05, 0) is 43.2 Å². The summed E-state index contributed by atoms with van der Waals surface area (Å²) in [5, 5.41) is 3.63. The van der Waals surface area contributed by atoms with Crippen LogP contribution in [0.1, 0.15) is 23.2 Å². The van der Waals surface area contributed by atoms with Crippen LogP contribution in [-0.4, -0.2) is 41.9 Å². The number of rotatable bonds is 7. The molecule has 0 spiro atoms. The molecule has 1 aliphatic rings. The summed E-state index contributed by atoms with van der Waals surface area (Å²) in [4.78, 5) is 15.9. The van der Waals surface area contributed by atoms with E-state index in [4.69, 9.17) is 16.3 Å². The number of sulfonamides is 1. The molecule has 0 atom stereocenters. The number of carbonyl (C=O) groups is 1. The molecule has 3 aromatic rings. The first-order valence-electron chi connectivity index (χ1n) is 9.65. The van der Waals surface area contributed by atoms with Crippen molar-refractivity contribution in [1.29, 1.82) is 0 Å². The van der Waals surface area contributed by atoms with Crippen LogP contribution in [0, 0.1) is 11.2 Å². The molecule has 2 aromatic heterocycles. The number of ether oxygens (including phenoxy) is 1. The van der Waals surface area contributed by atoms with Crippen LogP contribution in [0.15, 0.2) is 53.6 Å². The minimum absolute atomic E-state index is 0.00711. The normalized spacial score (nSPS) is 15.1. The molecule has 1 aliphatic carbocycles. The van der Waals surface area contributed by atoms with Gasteiger partial charge in [-0.2, -0.15) is 13.2 Å². The summed E-state index contributed by atoms with van der Waals surface area (Å²) in [7, 11) is -4.37. The van der Waals surface area contributed by atoms with E-state index in [9.17, 15) is 30.8 Å². The predicted octanol–water partition coefficient (Wildman–Crippen LogP) is 3.90. The minimum Gasteiger partial charge on any atom is -0.476 e. The average Bonchev–Trinajstić information content (AvgIpc) is 3.42. The van der Waals surface area contributed by atoms with Gasteiger partial charge in [0.15, 0.2) is 5.82 Å². The van der Waals surface area contributed by atoms with E-state index in [1.807, 2.05) is 0 Å². The third kappa shape index (κ3) is 4.85. The van der Waals surface area contributed by atoms with E-state index >= 15 is 0 Å². The molecule has 1 aromatic carbocycles. The van der Waals surface area contributed by atoms with Crippen molar-refractivity contribution in [2.45, 2.75) is 23.9 Å². The third-order valence-electron chi connectivity index (χ3n) is 5.16. The first-order valence-corrected chi connectivity index (χ1v) is 11.5. The van der Waals surface area contributed by atoms with Crippen molar-refractivity contribution in [3.63, 3.8) is 0 Å². The lowest BCUT2D eigenvalue weighted by Gasteiger charge is -2.18. The fourth-order valence-corrected chi connectivity index (χ4v) is 4.21. The molecule has 0 bridgehead atoms. The summed E-state index contributed by atoms with van der Waals surface area (Å²) in [6, 6.07) is 7.90. The molecule has 2 heterocycles. The third-order valence-corrected chi connectivity index (χ3v) is 6.78. The summed E-state index contributed by atoms with van der Waals surface area (Å²) in [6.45, 7) is -0.555. The van der Waals surface area contributed by atoms with Crippen molar-refractivity contribution in [3.05, 3.63) is 65.2 Å². The highest BCUT2D eigenvalue weighted by Gasteiger charge is 2.64. The van der Waals surface area contributed by atoms with Gasteiger partial charge in [-0.1, -0.05) is 17.7 Å². The first kappa shape index (κ1) is 24.0. The van der Waals surface area contributed by atoms with Crippen molar-refractivity contribution in [3.8, 4) is 11.7 Å². The van der Waals surface area contributed by atoms with Crippen LogP contribution in [0.3, 0.4) is 0 Å². The van der Waals surface area contributed by atoms with Crippen molar-refractivity contribution in [2.24, 2.45) is 5.41 Å². The van der Waals surface area contributed by atoms with Crippen LogP contribution in [0.25, 0.3) is 5.82 Å². The summed E-state index contributed by atoms with van der Waals surface area (Å²) < 4.78 is 85.1. The Morgan fingerprint density at radius 2 is 1.94 bits per heavy atom. The molecule has 34 heavy (non-hydrogen) atoms. The lowest BCUT2D eigenvalue weighted by molar-refractivity contribution is -0.194. The maximum atomic E-state index is 13.3. The van der Waals surface area contributed by atoms with Crippen LogP contribution in [0.2, 0.25) is 5.15 Å². The van der Waals surface area contributed by atoms with Crippen molar-refractivity contribution >= 4 is 27.5 Å². The minimum atomic E-state index is -4.37. The molecule has 1 fully saturated rings. The van der Waals surface area contributed by atoms with Gasteiger partial charge < -0.3 is 4.74 Å². The lowest BCUT2D eigenvalue weighted by atomic mass is 10.1. The monoisotopic (exact) mass is 518 g/mol. The Hall–Kier alpha value is -3.19. The summed E-state index contributed by atoms with van der Waals surface area (Å²) in [6.07, 6.45) is -3.00. The molecule has 1 amide bonds. The van der Waals surface area contributed by atoms with Crippen LogP contribution < -0.4 is 9.46 Å². The number of nitrogens with zero attached hydrogens (tertiary/aromatic N) is 3. The SMILES string of the molecule is O=C(NS(=O)(=O)c1cccc(F)c1)c1ccc(-n2ccc(OCC3(C(F)(F)F)CC3)n2)nc1Cl. The number of hydrogen-bond acceptors (Lipinski definition) is 6. The standard InChI is InChI=1S/C20H15ClF4N4O4S/c21-17-14(18(30)28-34(31,32)13-3-1-2-12(22)10-13)4-5-15(26-17)29-9-6-16(27-29)33-11-19(7-8-19)20(23,24)25/h1-6,9-10H,7-8,11H2,(H,28,30). The molecular formula is C20H15ClF4N4O4S. The van der Waals surface area contributed by atoms with Crippen molar-refractivity contribution < 1.29 is 35.5 Å². The van der Waals surface area contributed by atoms with Gasteiger partial charge in [0.05, 0.1) is 10.5 Å². The van der Waals surface area contributed by atoms with E-state index in [-0.39, 0.29) is 35.3 Å². The van der Waals surface area contributed by atoms with Gasteiger partial charge >= 0.3 is 6.18 Å². The zero-order valence-electron chi connectivity index (χ0n) is 17.0. The van der Waals surface area contributed by atoms with E-state index in [2.05, 4.69) is 10.1 Å². The summed E-state index contributed by atoms with van der Waals surface area (Å²) in [5.41, 5.74) is -2.13. The maximum absolute atomic E-state index is 13.3. The maximum Gasteiger partial charge on any atom is 0.397 e. The van der Waals surface area contributed by atoms with E-state index in [0.29, 0.717) is 0 Å². The van der Waals surface area contributed by atoms with Gasteiger partial charge in [0.25, 0.3) is 15.9 Å². The Bertz CT molecular complexity index is 1360. The van der Waals surface area contributed by atoms with Crippen LogP contribution in [0.4, 0.5) is 17.6 Å². The molecule has 1 saturated carbocycles. The number of aromatic nitrogens is 3. The van der Waals surface area contributed by atoms with Gasteiger partial charge in [0.1, 0.15) is 23.0 Å². The number of halogens is 5. The molecule has 0 unspecified atom stereocenters. The van der Waals surface area contributed by atoms with Crippen LogP contribution >= 0.6 is 11.6 Å². The zero-order chi connectivity index (χ0) is 24.7. The topological polar surface area (TPSA) is 103 Å². The highest BCUT2D eigenvalue weighted by molar-refractivity contribution is 7.90. The van der Waals surface area contributed by atoms with E-state index in [0.717, 1.165) is 18.2 Å². The number of nitrogens with one attached hydrogen (secondary N) is 1. The van der Waals surface area contributed by atoms with E-state index < -0.39 is 44.8 Å². The molecule has 1 N–H and O–H groups in total. The number of amides is 1. The number of hydrogen-bond donors (Lipinski definition) is 1. The first-order chi connectivity index (χ1) is 15.9. The van der Waals surface area contributed by atoms with Gasteiger partial charge in [-0.3, -0.25) is 4.79 Å². The van der Waals surface area contributed by atoms with E-state index in [1.165, 1.54) is 35.1 Å². The van der Waals surface area contributed by atoms with Crippen LogP contribution in [-0.2, 0) is 10.0 Å². The molecule has 8 nitrogen and oxygen atoms in total. The highest BCUT2D eigenvalue weighted by atomic mass is 35.5. The molecular weight excluding hydrogens is 504 g/mol. The zero-order valence-corrected chi connectivity index (χ0v) is 18.6. The number of carbonyl (C=O) groups excluding carboxylic acids is 1. The number of alkyl halides is 3. The Morgan fingerprint density at radius 1 is 1.21 bits per heavy atom. The lowest BCUT2D eigenvalue weighted by Crippen LogP contribution is -2.31. The predicted molar refractivity (Wildman–Crippen MR) is 111 cm³/mol. The largest absolute Gasteiger partial charge is 0.476 e. The Balaban J connectivity index is 1.46. The smallest absolute Gasteiger partial charge is 0.397 e. The van der Waals surface area contributed by atoms with Crippen LogP contribution in [0.5, 0.6) is 5.88 Å². The van der Waals surface area contributed by atoms with Gasteiger partial charge in [-0.15, -0.1) is 5.10 Å².